The molecular formula is C59H96O6. The van der Waals surface area contributed by atoms with Crippen LogP contribution in [0, 0.1) is 0 Å². The number of esters is 3. The maximum Gasteiger partial charge on any atom is 0.306 e. The van der Waals surface area contributed by atoms with Gasteiger partial charge in [0.1, 0.15) is 13.2 Å². The van der Waals surface area contributed by atoms with Crippen LogP contribution in [0.3, 0.4) is 0 Å². The molecule has 0 aromatic heterocycles. The molecule has 0 amide bonds. The molecule has 6 heteroatoms. The summed E-state index contributed by atoms with van der Waals surface area (Å²) in [4.78, 5) is 38.0. The predicted molar refractivity (Wildman–Crippen MR) is 279 cm³/mol. The zero-order chi connectivity index (χ0) is 47.2. The van der Waals surface area contributed by atoms with Gasteiger partial charge in [0, 0.05) is 19.3 Å². The summed E-state index contributed by atoms with van der Waals surface area (Å²) in [6.45, 7) is 6.32. The van der Waals surface area contributed by atoms with Gasteiger partial charge < -0.3 is 14.2 Å². The van der Waals surface area contributed by atoms with Gasteiger partial charge in [0.2, 0.25) is 0 Å². The van der Waals surface area contributed by atoms with Gasteiger partial charge in [0.05, 0.1) is 0 Å². The van der Waals surface area contributed by atoms with Gasteiger partial charge in [-0.2, -0.15) is 0 Å². The number of hydrogen-bond donors (Lipinski definition) is 0. The van der Waals surface area contributed by atoms with Crippen LogP contribution in [0.25, 0.3) is 0 Å². The summed E-state index contributed by atoms with van der Waals surface area (Å²) < 4.78 is 16.8. The molecule has 0 fully saturated rings. The molecule has 0 aromatic carbocycles. The molecule has 368 valence electrons. The Morgan fingerprint density at radius 3 is 0.969 bits per heavy atom. The van der Waals surface area contributed by atoms with Crippen LogP contribution in [0.4, 0.5) is 0 Å². The lowest BCUT2D eigenvalue weighted by molar-refractivity contribution is -0.167. The summed E-state index contributed by atoms with van der Waals surface area (Å²) in [6.07, 6.45) is 70.7. The van der Waals surface area contributed by atoms with Crippen molar-refractivity contribution in [2.75, 3.05) is 13.2 Å². The van der Waals surface area contributed by atoms with Crippen LogP contribution < -0.4 is 0 Å². The molecule has 0 aromatic rings. The molecule has 1 atom stereocenters. The lowest BCUT2D eigenvalue weighted by Crippen LogP contribution is -2.30. The summed E-state index contributed by atoms with van der Waals surface area (Å²) in [5, 5.41) is 0. The van der Waals surface area contributed by atoms with Crippen molar-refractivity contribution in [3.8, 4) is 0 Å². The highest BCUT2D eigenvalue weighted by Gasteiger charge is 2.19. The molecule has 0 aliphatic heterocycles. The number of allylic oxidation sites excluding steroid dienone is 18. The van der Waals surface area contributed by atoms with E-state index in [1.54, 1.807) is 0 Å². The fourth-order valence-electron chi connectivity index (χ4n) is 6.82. The average molecular weight is 901 g/mol. The Bertz CT molecular complexity index is 1360. The largest absolute Gasteiger partial charge is 0.462 e. The summed E-state index contributed by atoms with van der Waals surface area (Å²) in [7, 11) is 0. The number of carbonyl (C=O) groups is 3. The Hall–Kier alpha value is -3.93. The minimum Gasteiger partial charge on any atom is -0.462 e. The van der Waals surface area contributed by atoms with E-state index >= 15 is 0 Å². The molecule has 0 N–H and O–H groups in total. The van der Waals surface area contributed by atoms with E-state index < -0.39 is 6.10 Å². The van der Waals surface area contributed by atoms with Crippen molar-refractivity contribution < 1.29 is 28.6 Å². The molecule has 6 nitrogen and oxygen atoms in total. The van der Waals surface area contributed by atoms with Gasteiger partial charge in [0.25, 0.3) is 0 Å². The fraction of sp³-hybridized carbons (Fsp3) is 0.644. The van der Waals surface area contributed by atoms with E-state index in [2.05, 4.69) is 130 Å². The molecule has 0 saturated carbocycles. The van der Waals surface area contributed by atoms with Crippen molar-refractivity contribution in [1.82, 2.24) is 0 Å². The zero-order valence-electron chi connectivity index (χ0n) is 42.0. The van der Waals surface area contributed by atoms with Crippen LogP contribution in [0.1, 0.15) is 226 Å². The first-order valence-corrected chi connectivity index (χ1v) is 26.4. The molecule has 0 aliphatic rings. The Morgan fingerprint density at radius 1 is 0.323 bits per heavy atom. The highest BCUT2D eigenvalue weighted by molar-refractivity contribution is 5.71. The molecule has 0 bridgehead atoms. The van der Waals surface area contributed by atoms with Crippen LogP contribution in [-0.4, -0.2) is 37.2 Å². The first-order chi connectivity index (χ1) is 32.0. The van der Waals surface area contributed by atoms with Crippen molar-refractivity contribution in [3.05, 3.63) is 109 Å². The smallest absolute Gasteiger partial charge is 0.306 e. The van der Waals surface area contributed by atoms with Crippen LogP contribution in [0.2, 0.25) is 0 Å². The standard InChI is InChI=1S/C59H96O6/c1-4-7-10-13-16-19-22-24-26-28-29-31-32-34-37-40-43-46-49-52-58(61)64-55-56(54-63-57(60)51-48-45-42-39-36-21-18-15-12-9-6-3)65-59(62)53-50-47-44-41-38-35-33-30-27-25-23-20-17-14-11-8-5-2/h7-8,10-11,15-20,24-27,29,31,34,37,56H,4-6,9,12-14,21-23,28,30,32-33,35-36,38-55H2,1-3H3/b10-7-,11-8-,18-15-,19-16-,20-17-,26-24-,27-25-,31-29-,37-34-. The summed E-state index contributed by atoms with van der Waals surface area (Å²) in [6, 6.07) is 0. The molecule has 0 rings (SSSR count). The lowest BCUT2D eigenvalue weighted by Gasteiger charge is -2.18. The molecule has 65 heavy (non-hydrogen) atoms. The minimum atomic E-state index is -0.802. The predicted octanol–water partition coefficient (Wildman–Crippen LogP) is 17.5. The van der Waals surface area contributed by atoms with Crippen molar-refractivity contribution in [3.63, 3.8) is 0 Å². The quantitative estimate of drug-likeness (QED) is 0.0262. The first-order valence-electron chi connectivity index (χ1n) is 26.4. The van der Waals surface area contributed by atoms with Gasteiger partial charge >= 0.3 is 17.9 Å². The summed E-state index contributed by atoms with van der Waals surface area (Å²) in [5.74, 6) is -0.956. The van der Waals surface area contributed by atoms with Gasteiger partial charge in [-0.15, -0.1) is 0 Å². The molecule has 0 heterocycles. The Kier molecular flexibility index (Phi) is 49.5. The van der Waals surface area contributed by atoms with E-state index in [-0.39, 0.29) is 31.1 Å². The molecule has 0 spiro atoms. The number of rotatable bonds is 46. The highest BCUT2D eigenvalue weighted by Crippen LogP contribution is 2.13. The molecule has 1 unspecified atom stereocenters. The second kappa shape index (κ2) is 52.7. The highest BCUT2D eigenvalue weighted by atomic mass is 16.6. The van der Waals surface area contributed by atoms with Gasteiger partial charge in [-0.3, -0.25) is 14.4 Å². The maximum atomic E-state index is 12.8. The average Bonchev–Trinajstić information content (AvgIpc) is 3.30. The zero-order valence-corrected chi connectivity index (χ0v) is 42.0. The Balaban J connectivity index is 4.46. The topological polar surface area (TPSA) is 78.9 Å². The van der Waals surface area contributed by atoms with Crippen molar-refractivity contribution in [1.29, 1.82) is 0 Å². The van der Waals surface area contributed by atoms with Crippen LogP contribution >= 0.6 is 0 Å². The maximum absolute atomic E-state index is 12.8. The second-order valence-corrected chi connectivity index (χ2v) is 17.0. The third-order valence-electron chi connectivity index (χ3n) is 10.7. The third kappa shape index (κ3) is 50.9. The number of carbonyl (C=O) groups excluding carboxylic acids is 3. The molecule has 0 radical (unpaired) electrons. The van der Waals surface area contributed by atoms with E-state index in [0.717, 1.165) is 135 Å². The van der Waals surface area contributed by atoms with E-state index in [9.17, 15) is 14.4 Å². The first kappa shape index (κ1) is 61.1. The van der Waals surface area contributed by atoms with Gasteiger partial charge in [-0.05, 0) is 116 Å². The van der Waals surface area contributed by atoms with E-state index in [4.69, 9.17) is 14.2 Å². The Labute approximate surface area is 400 Å². The number of ether oxygens (including phenoxy) is 3. The fourth-order valence-corrected chi connectivity index (χ4v) is 6.82. The van der Waals surface area contributed by atoms with Crippen LogP contribution in [0.15, 0.2) is 109 Å². The molecular weight excluding hydrogens is 805 g/mol. The van der Waals surface area contributed by atoms with E-state index in [1.165, 1.54) is 51.4 Å². The van der Waals surface area contributed by atoms with E-state index in [0.29, 0.717) is 19.3 Å². The minimum absolute atomic E-state index is 0.0992. The summed E-state index contributed by atoms with van der Waals surface area (Å²) >= 11 is 0. The summed E-state index contributed by atoms with van der Waals surface area (Å²) in [5.41, 5.74) is 0. The van der Waals surface area contributed by atoms with E-state index in [1.807, 2.05) is 0 Å². The third-order valence-corrected chi connectivity index (χ3v) is 10.7. The van der Waals surface area contributed by atoms with Crippen LogP contribution in [0.5, 0.6) is 0 Å². The number of hydrogen-bond acceptors (Lipinski definition) is 6. The lowest BCUT2D eigenvalue weighted by atomic mass is 10.1. The van der Waals surface area contributed by atoms with Crippen molar-refractivity contribution in [2.24, 2.45) is 0 Å². The normalized spacial score (nSPS) is 13.0. The number of unbranched alkanes of at least 4 members (excludes halogenated alkanes) is 17. The molecule has 0 aliphatic carbocycles. The van der Waals surface area contributed by atoms with Gasteiger partial charge in [-0.25, -0.2) is 0 Å². The second-order valence-electron chi connectivity index (χ2n) is 17.0. The Morgan fingerprint density at radius 2 is 0.600 bits per heavy atom. The van der Waals surface area contributed by atoms with Gasteiger partial charge in [0.15, 0.2) is 6.10 Å². The van der Waals surface area contributed by atoms with Crippen molar-refractivity contribution in [2.45, 2.75) is 232 Å². The van der Waals surface area contributed by atoms with Crippen molar-refractivity contribution >= 4 is 17.9 Å². The monoisotopic (exact) mass is 901 g/mol. The van der Waals surface area contributed by atoms with Gasteiger partial charge in [-0.1, -0.05) is 201 Å². The SMILES string of the molecule is CC/C=C\C/C=C\C/C=C\C/C=C\C/C=C\CCCCCC(=O)OCC(COC(=O)CCCCCCC/C=C\CCCC)OC(=O)CCCCCCCCC/C=C\C/C=C\C/C=C\CC. The van der Waals surface area contributed by atoms with Crippen LogP contribution in [-0.2, 0) is 28.6 Å². The molecule has 0 saturated heterocycles.